The Morgan fingerprint density at radius 3 is 2.41 bits per heavy atom. The molecule has 0 aromatic heterocycles. The summed E-state index contributed by atoms with van der Waals surface area (Å²) in [4.78, 5) is 11.4. The van der Waals surface area contributed by atoms with Crippen molar-refractivity contribution in [1.82, 2.24) is 0 Å². The SMILES string of the molecule is CC(=O)/C=C/[C@@]1(O)C(C)(C)C[C@@H](OS(=O)(=O)c2ccc(C)cc2)[C@H]2O[C@]21C. The summed E-state index contributed by atoms with van der Waals surface area (Å²) in [6.45, 7) is 8.63. The van der Waals surface area contributed by atoms with Crippen molar-refractivity contribution in [3.8, 4) is 0 Å². The second-order valence-corrected chi connectivity index (χ2v) is 9.92. The number of aryl methyl sites for hydroxylation is 1. The maximum absolute atomic E-state index is 12.7. The zero-order valence-electron chi connectivity index (χ0n) is 16.2. The molecule has 0 bridgehead atoms. The van der Waals surface area contributed by atoms with E-state index in [1.165, 1.54) is 31.2 Å². The Morgan fingerprint density at radius 1 is 1.26 bits per heavy atom. The molecule has 1 aromatic carbocycles. The Balaban J connectivity index is 1.88. The van der Waals surface area contributed by atoms with Crippen molar-refractivity contribution in [2.45, 2.75) is 69.3 Å². The van der Waals surface area contributed by atoms with Gasteiger partial charge in [-0.15, -0.1) is 0 Å². The molecule has 2 aliphatic rings. The second-order valence-electron chi connectivity index (χ2n) is 8.35. The van der Waals surface area contributed by atoms with Crippen LogP contribution in [0.25, 0.3) is 0 Å². The maximum Gasteiger partial charge on any atom is 0.297 e. The summed E-state index contributed by atoms with van der Waals surface area (Å²) < 4.78 is 36.6. The predicted molar refractivity (Wildman–Crippen MR) is 99.7 cm³/mol. The molecular weight excluding hydrogens is 368 g/mol. The lowest BCUT2D eigenvalue weighted by Gasteiger charge is -2.48. The number of epoxide rings is 1. The van der Waals surface area contributed by atoms with Crippen molar-refractivity contribution in [3.05, 3.63) is 42.0 Å². The van der Waals surface area contributed by atoms with Crippen LogP contribution in [0.3, 0.4) is 0 Å². The van der Waals surface area contributed by atoms with Gasteiger partial charge in [-0.2, -0.15) is 8.42 Å². The minimum atomic E-state index is -3.96. The molecule has 148 valence electrons. The molecule has 4 atom stereocenters. The number of rotatable bonds is 5. The van der Waals surface area contributed by atoms with Crippen LogP contribution in [-0.4, -0.2) is 42.7 Å². The third-order valence-corrected chi connectivity index (χ3v) is 7.16. The van der Waals surface area contributed by atoms with E-state index in [1.807, 2.05) is 20.8 Å². The van der Waals surface area contributed by atoms with Crippen LogP contribution in [0.5, 0.6) is 0 Å². The van der Waals surface area contributed by atoms with Gasteiger partial charge in [0.15, 0.2) is 5.78 Å². The lowest BCUT2D eigenvalue weighted by Crippen LogP contribution is -2.60. The number of carbonyl (C=O) groups is 1. The lowest BCUT2D eigenvalue weighted by molar-refractivity contribution is -0.114. The minimum absolute atomic E-state index is 0.0885. The normalized spacial score (nSPS) is 35.0. The van der Waals surface area contributed by atoms with E-state index in [0.717, 1.165) is 5.56 Å². The molecule has 6 nitrogen and oxygen atoms in total. The summed E-state index contributed by atoms with van der Waals surface area (Å²) in [5.74, 6) is -0.180. The average Bonchev–Trinajstić information content (AvgIpc) is 3.25. The van der Waals surface area contributed by atoms with Gasteiger partial charge in [0.25, 0.3) is 10.1 Å². The number of carbonyl (C=O) groups excluding carboxylic acids is 1. The Bertz CT molecular complexity index is 879. The second kappa shape index (κ2) is 6.24. The van der Waals surface area contributed by atoms with E-state index in [1.54, 1.807) is 19.1 Å². The molecule has 1 aliphatic carbocycles. The molecule has 1 N–H and O–H groups in total. The number of allylic oxidation sites excluding steroid dienone is 1. The predicted octanol–water partition coefficient (Wildman–Crippen LogP) is 2.53. The van der Waals surface area contributed by atoms with E-state index in [-0.39, 0.29) is 17.1 Å². The molecule has 7 heteroatoms. The smallest absolute Gasteiger partial charge is 0.297 e. The summed E-state index contributed by atoms with van der Waals surface area (Å²) in [7, 11) is -3.96. The molecule has 0 spiro atoms. The number of fused-ring (bicyclic) bond motifs is 1. The van der Waals surface area contributed by atoms with Gasteiger partial charge in [0.1, 0.15) is 23.4 Å². The van der Waals surface area contributed by atoms with Crippen LogP contribution in [0.4, 0.5) is 0 Å². The third-order valence-electron chi connectivity index (χ3n) is 5.81. The van der Waals surface area contributed by atoms with E-state index in [9.17, 15) is 18.3 Å². The van der Waals surface area contributed by atoms with Gasteiger partial charge in [0.2, 0.25) is 0 Å². The van der Waals surface area contributed by atoms with Gasteiger partial charge >= 0.3 is 0 Å². The van der Waals surface area contributed by atoms with Crippen molar-refractivity contribution in [1.29, 1.82) is 0 Å². The number of hydrogen-bond acceptors (Lipinski definition) is 6. The number of ether oxygens (including phenoxy) is 1. The number of ketones is 1. The zero-order chi connectivity index (χ0) is 20.3. The number of aliphatic hydroxyl groups is 1. The summed E-state index contributed by atoms with van der Waals surface area (Å²) >= 11 is 0. The molecular formula is C20H26O6S. The summed E-state index contributed by atoms with van der Waals surface area (Å²) in [5.41, 5.74) is -2.25. The van der Waals surface area contributed by atoms with Gasteiger partial charge < -0.3 is 9.84 Å². The molecule has 1 aromatic rings. The Morgan fingerprint density at radius 2 is 1.85 bits per heavy atom. The molecule has 1 heterocycles. The molecule has 3 rings (SSSR count). The van der Waals surface area contributed by atoms with E-state index in [2.05, 4.69) is 0 Å². The van der Waals surface area contributed by atoms with Gasteiger partial charge in [0, 0.05) is 5.41 Å². The largest absolute Gasteiger partial charge is 0.382 e. The van der Waals surface area contributed by atoms with Gasteiger partial charge in [0.05, 0.1) is 4.90 Å². The first-order chi connectivity index (χ1) is 12.3. The first kappa shape index (κ1) is 20.2. The van der Waals surface area contributed by atoms with Crippen molar-refractivity contribution in [2.24, 2.45) is 5.41 Å². The van der Waals surface area contributed by atoms with E-state index in [0.29, 0.717) is 0 Å². The van der Waals surface area contributed by atoms with Crippen molar-refractivity contribution < 1.29 is 27.2 Å². The highest BCUT2D eigenvalue weighted by atomic mass is 32.2. The van der Waals surface area contributed by atoms with Crippen molar-refractivity contribution in [3.63, 3.8) is 0 Å². The van der Waals surface area contributed by atoms with Crippen LogP contribution in [0, 0.1) is 12.3 Å². The fraction of sp³-hybridized carbons (Fsp3) is 0.550. The Hall–Kier alpha value is -1.54. The lowest BCUT2D eigenvalue weighted by atomic mass is 9.59. The highest BCUT2D eigenvalue weighted by molar-refractivity contribution is 7.86. The van der Waals surface area contributed by atoms with Gasteiger partial charge in [-0.1, -0.05) is 31.5 Å². The molecule has 2 fully saturated rings. The van der Waals surface area contributed by atoms with Crippen LogP contribution in [0.15, 0.2) is 41.3 Å². The number of benzene rings is 1. The van der Waals surface area contributed by atoms with Crippen molar-refractivity contribution in [2.75, 3.05) is 0 Å². The summed E-state index contributed by atoms with van der Waals surface area (Å²) in [6.07, 6.45) is 1.77. The fourth-order valence-electron chi connectivity index (χ4n) is 4.04. The monoisotopic (exact) mass is 394 g/mol. The molecule has 0 radical (unpaired) electrons. The van der Waals surface area contributed by atoms with E-state index in [4.69, 9.17) is 8.92 Å². The maximum atomic E-state index is 12.7. The molecule has 27 heavy (non-hydrogen) atoms. The fourth-order valence-corrected chi connectivity index (χ4v) is 5.12. The Labute approximate surface area is 160 Å². The first-order valence-corrected chi connectivity index (χ1v) is 10.3. The van der Waals surface area contributed by atoms with Crippen LogP contribution in [0.2, 0.25) is 0 Å². The molecule has 1 aliphatic heterocycles. The quantitative estimate of drug-likeness (QED) is 0.469. The topological polar surface area (TPSA) is 93.2 Å². The summed E-state index contributed by atoms with van der Waals surface area (Å²) in [5, 5.41) is 11.3. The molecule has 0 amide bonds. The van der Waals surface area contributed by atoms with E-state index >= 15 is 0 Å². The van der Waals surface area contributed by atoms with Gasteiger partial charge in [-0.05, 0) is 51.5 Å². The molecule has 1 saturated heterocycles. The molecule has 1 saturated carbocycles. The van der Waals surface area contributed by atoms with Crippen molar-refractivity contribution >= 4 is 15.9 Å². The van der Waals surface area contributed by atoms with Crippen LogP contribution >= 0.6 is 0 Å². The van der Waals surface area contributed by atoms with E-state index < -0.39 is 38.9 Å². The first-order valence-electron chi connectivity index (χ1n) is 8.92. The highest BCUT2D eigenvalue weighted by Gasteiger charge is 2.75. The Kier molecular flexibility index (Phi) is 4.67. The number of hydrogen-bond donors (Lipinski definition) is 1. The van der Waals surface area contributed by atoms with Crippen LogP contribution < -0.4 is 0 Å². The average molecular weight is 394 g/mol. The molecule has 0 unspecified atom stereocenters. The highest BCUT2D eigenvalue weighted by Crippen LogP contribution is 2.61. The van der Waals surface area contributed by atoms with Crippen LogP contribution in [-0.2, 0) is 23.8 Å². The minimum Gasteiger partial charge on any atom is -0.382 e. The van der Waals surface area contributed by atoms with Gasteiger partial charge in [-0.25, -0.2) is 0 Å². The standard InChI is InChI=1S/C20H26O6S/c1-13-6-8-15(9-7-13)27(23,24)26-16-12-18(3,4)20(22,11-10-14(2)21)19(5)17(16)25-19/h6-11,16-17,22H,12H2,1-5H3/b11-10+/t16-,17-,19-,20-/m1/s1. The van der Waals surface area contributed by atoms with Crippen LogP contribution in [0.1, 0.15) is 39.7 Å². The summed E-state index contributed by atoms with van der Waals surface area (Å²) in [6, 6.07) is 6.45. The third kappa shape index (κ3) is 3.27. The van der Waals surface area contributed by atoms with Gasteiger partial charge in [-0.3, -0.25) is 8.98 Å². The zero-order valence-corrected chi connectivity index (χ0v) is 17.0.